The van der Waals surface area contributed by atoms with Gasteiger partial charge >= 0.3 is 0 Å². The van der Waals surface area contributed by atoms with Crippen molar-refractivity contribution in [2.24, 2.45) is 5.90 Å². The van der Waals surface area contributed by atoms with Gasteiger partial charge < -0.3 is 14.3 Å². The second-order valence-corrected chi connectivity index (χ2v) is 5.78. The Kier molecular flexibility index (Phi) is 3.86. The van der Waals surface area contributed by atoms with Crippen LogP contribution in [0.4, 0.5) is 0 Å². The van der Waals surface area contributed by atoms with Crippen molar-refractivity contribution in [3.8, 4) is 22.8 Å². The lowest BCUT2D eigenvalue weighted by molar-refractivity contribution is 0.141. The number of nitrogens with zero attached hydrogens (tertiary/aromatic N) is 1. The minimum atomic E-state index is 0.480. The van der Waals surface area contributed by atoms with E-state index in [4.69, 9.17) is 15.4 Å². The number of hydrogen-bond acceptors (Lipinski definition) is 6. The van der Waals surface area contributed by atoms with Crippen LogP contribution in [0.1, 0.15) is 9.88 Å². The maximum Gasteiger partial charge on any atom is 0.162 e. The number of fused-ring (bicyclic) bond motifs is 1. The third-order valence-corrected chi connectivity index (χ3v) is 4.12. The summed E-state index contributed by atoms with van der Waals surface area (Å²) >= 11 is 1.67. The zero-order valence-corrected chi connectivity index (χ0v) is 12.0. The molecule has 0 spiro atoms. The van der Waals surface area contributed by atoms with Crippen molar-refractivity contribution >= 4 is 11.3 Å². The van der Waals surface area contributed by atoms with Crippen LogP contribution in [0.3, 0.4) is 0 Å². The fraction of sp³-hybridized carbons (Fsp3) is 0.357. The Morgan fingerprint density at radius 2 is 2.10 bits per heavy atom. The summed E-state index contributed by atoms with van der Waals surface area (Å²) in [5.41, 5.74) is 2.03. The van der Waals surface area contributed by atoms with Crippen molar-refractivity contribution in [2.45, 2.75) is 13.3 Å². The number of nitrogens with two attached hydrogens (primary N) is 1. The second kappa shape index (κ2) is 5.78. The molecule has 1 aromatic carbocycles. The highest BCUT2D eigenvalue weighted by molar-refractivity contribution is 7.12. The summed E-state index contributed by atoms with van der Waals surface area (Å²) in [7, 11) is 0. The molecule has 2 N–H and O–H groups in total. The van der Waals surface area contributed by atoms with Gasteiger partial charge in [-0.2, -0.15) is 0 Å². The lowest BCUT2D eigenvalue weighted by Crippen LogP contribution is -2.15. The fourth-order valence-corrected chi connectivity index (χ4v) is 3.10. The molecule has 3 rings (SSSR count). The number of ether oxygens (including phenoxy) is 2. The van der Waals surface area contributed by atoms with Gasteiger partial charge in [-0.25, -0.2) is 10.9 Å². The molecule has 106 valence electrons. The van der Waals surface area contributed by atoms with Crippen LogP contribution in [0.5, 0.6) is 11.5 Å². The van der Waals surface area contributed by atoms with E-state index in [2.05, 4.69) is 16.7 Å². The minimum absolute atomic E-state index is 0.480. The maximum atomic E-state index is 5.61. The Morgan fingerprint density at radius 3 is 2.90 bits per heavy atom. The number of thiazole rings is 1. The van der Waals surface area contributed by atoms with Crippen LogP contribution < -0.4 is 15.4 Å². The van der Waals surface area contributed by atoms with E-state index < -0.39 is 0 Å². The lowest BCUT2D eigenvalue weighted by Gasteiger charge is -2.18. The first-order valence-electron chi connectivity index (χ1n) is 6.46. The molecule has 2 heterocycles. The summed E-state index contributed by atoms with van der Waals surface area (Å²) in [6, 6.07) is 5.93. The Bertz CT molecular complexity index is 612. The predicted octanol–water partition coefficient (Wildman–Crippen LogP) is 2.32. The quantitative estimate of drug-likeness (QED) is 0.876. The molecule has 6 heteroatoms. The largest absolute Gasteiger partial charge is 0.486 e. The van der Waals surface area contributed by atoms with Crippen molar-refractivity contribution in [3.63, 3.8) is 0 Å². The van der Waals surface area contributed by atoms with Gasteiger partial charge in [-0.15, -0.1) is 11.3 Å². The third-order valence-electron chi connectivity index (χ3n) is 3.09. The van der Waals surface area contributed by atoms with Gasteiger partial charge in [0, 0.05) is 16.9 Å². The van der Waals surface area contributed by atoms with Crippen LogP contribution in [-0.2, 0) is 11.3 Å². The van der Waals surface area contributed by atoms with E-state index in [1.165, 1.54) is 4.88 Å². The zero-order valence-electron chi connectivity index (χ0n) is 11.2. The summed E-state index contributed by atoms with van der Waals surface area (Å²) in [5, 5.41) is 1.03. The first kappa shape index (κ1) is 13.4. The van der Waals surface area contributed by atoms with E-state index in [1.54, 1.807) is 11.3 Å². The summed E-state index contributed by atoms with van der Waals surface area (Å²) in [5.74, 6) is 6.64. The average Bonchev–Trinajstić information content (AvgIpc) is 2.85. The van der Waals surface area contributed by atoms with Crippen molar-refractivity contribution < 1.29 is 14.3 Å². The van der Waals surface area contributed by atoms with Crippen molar-refractivity contribution in [3.05, 3.63) is 28.1 Å². The van der Waals surface area contributed by atoms with E-state index in [9.17, 15) is 0 Å². The normalized spacial score (nSPS) is 13.5. The Balaban J connectivity index is 1.90. The van der Waals surface area contributed by atoms with E-state index in [1.807, 2.05) is 18.2 Å². The summed E-state index contributed by atoms with van der Waals surface area (Å²) in [6.07, 6.45) is 0.729. The van der Waals surface area contributed by atoms with Gasteiger partial charge in [0.1, 0.15) is 13.2 Å². The first-order valence-corrected chi connectivity index (χ1v) is 7.27. The molecule has 0 amide bonds. The first-order chi connectivity index (χ1) is 9.78. The van der Waals surface area contributed by atoms with Crippen molar-refractivity contribution in [1.82, 2.24) is 4.98 Å². The SMILES string of the molecule is Cc1sc(CCON)nc1-c1ccc2c(c1)OCCO2. The molecule has 0 saturated heterocycles. The lowest BCUT2D eigenvalue weighted by atomic mass is 10.1. The third kappa shape index (κ3) is 2.63. The molecule has 1 aliphatic rings. The molecule has 0 aliphatic carbocycles. The van der Waals surface area contributed by atoms with Gasteiger partial charge in [-0.3, -0.25) is 0 Å². The smallest absolute Gasteiger partial charge is 0.162 e. The van der Waals surface area contributed by atoms with E-state index in [0.29, 0.717) is 19.8 Å². The number of benzene rings is 1. The molecule has 2 aromatic rings. The molecule has 0 atom stereocenters. The molecule has 5 nitrogen and oxygen atoms in total. The molecular weight excluding hydrogens is 276 g/mol. The van der Waals surface area contributed by atoms with E-state index >= 15 is 0 Å². The van der Waals surface area contributed by atoms with Gasteiger partial charge in [0.15, 0.2) is 11.5 Å². The van der Waals surface area contributed by atoms with Crippen molar-refractivity contribution in [1.29, 1.82) is 0 Å². The number of rotatable bonds is 4. The predicted molar refractivity (Wildman–Crippen MR) is 77.1 cm³/mol. The van der Waals surface area contributed by atoms with Gasteiger partial charge in [0.2, 0.25) is 0 Å². The molecular formula is C14H16N2O3S. The number of hydrogen-bond donors (Lipinski definition) is 1. The maximum absolute atomic E-state index is 5.61. The number of aromatic nitrogens is 1. The summed E-state index contributed by atoms with van der Waals surface area (Å²) < 4.78 is 11.1. The van der Waals surface area contributed by atoms with Gasteiger partial charge in [-0.1, -0.05) is 0 Å². The zero-order chi connectivity index (χ0) is 13.9. The second-order valence-electron chi connectivity index (χ2n) is 4.49. The monoisotopic (exact) mass is 292 g/mol. The standard InChI is InChI=1S/C14H16N2O3S/c1-9-14(16-13(20-9)4-5-19-15)10-2-3-11-12(8-10)18-7-6-17-11/h2-3,8H,4-7,15H2,1H3. The highest BCUT2D eigenvalue weighted by atomic mass is 32.1. The van der Waals surface area contributed by atoms with Crippen LogP contribution in [0.25, 0.3) is 11.3 Å². The van der Waals surface area contributed by atoms with E-state index in [-0.39, 0.29) is 0 Å². The summed E-state index contributed by atoms with van der Waals surface area (Å²) in [6.45, 7) is 3.74. The van der Waals surface area contributed by atoms with E-state index in [0.717, 1.165) is 34.2 Å². The highest BCUT2D eigenvalue weighted by Gasteiger charge is 2.15. The van der Waals surface area contributed by atoms with Crippen LogP contribution in [-0.4, -0.2) is 24.8 Å². The topological polar surface area (TPSA) is 66.6 Å². The molecule has 0 saturated carbocycles. The summed E-state index contributed by atoms with van der Waals surface area (Å²) in [4.78, 5) is 10.4. The van der Waals surface area contributed by atoms with Crippen LogP contribution in [0.2, 0.25) is 0 Å². The van der Waals surface area contributed by atoms with Gasteiger partial charge in [0.25, 0.3) is 0 Å². The number of aryl methyl sites for hydroxylation is 1. The van der Waals surface area contributed by atoms with Gasteiger partial charge in [0.05, 0.1) is 17.3 Å². The molecule has 0 radical (unpaired) electrons. The fourth-order valence-electron chi connectivity index (χ4n) is 2.16. The highest BCUT2D eigenvalue weighted by Crippen LogP contribution is 2.36. The Labute approximate surface area is 121 Å². The van der Waals surface area contributed by atoms with Crippen LogP contribution in [0.15, 0.2) is 18.2 Å². The van der Waals surface area contributed by atoms with Crippen LogP contribution >= 0.6 is 11.3 Å². The minimum Gasteiger partial charge on any atom is -0.486 e. The average molecular weight is 292 g/mol. The van der Waals surface area contributed by atoms with Gasteiger partial charge in [-0.05, 0) is 25.1 Å². The Morgan fingerprint density at radius 1 is 1.30 bits per heavy atom. The molecule has 20 heavy (non-hydrogen) atoms. The molecule has 1 aliphatic heterocycles. The van der Waals surface area contributed by atoms with Crippen molar-refractivity contribution in [2.75, 3.05) is 19.8 Å². The Hall–Kier alpha value is -1.63. The molecule has 0 bridgehead atoms. The molecule has 1 aromatic heterocycles. The molecule has 0 unspecified atom stereocenters. The van der Waals surface area contributed by atoms with Crippen LogP contribution in [0, 0.1) is 6.92 Å². The molecule has 0 fully saturated rings.